The monoisotopic (exact) mass is 326 g/mol. The van der Waals surface area contributed by atoms with E-state index in [-0.39, 0.29) is 6.42 Å². The van der Waals surface area contributed by atoms with Gasteiger partial charge in [-0.3, -0.25) is 0 Å². The van der Waals surface area contributed by atoms with Gasteiger partial charge in [-0.15, -0.1) is 0 Å². The molecule has 0 saturated carbocycles. The molecule has 2 aliphatic rings. The summed E-state index contributed by atoms with van der Waals surface area (Å²) in [4.78, 5) is 0. The second-order valence-electron chi connectivity index (χ2n) is 5.44. The Morgan fingerprint density at radius 1 is 0.955 bits per heavy atom. The fourth-order valence-corrected chi connectivity index (χ4v) is 2.63. The molecule has 0 aromatic rings. The minimum atomic E-state index is -2.04. The second-order valence-corrected chi connectivity index (χ2v) is 5.44. The van der Waals surface area contributed by atoms with Crippen molar-refractivity contribution < 1.29 is 50.0 Å². The van der Waals surface area contributed by atoms with Crippen molar-refractivity contribution in [1.29, 1.82) is 0 Å². The van der Waals surface area contributed by atoms with Gasteiger partial charge in [0.25, 0.3) is 0 Å². The summed E-state index contributed by atoms with van der Waals surface area (Å²) in [5, 5.41) is 66.7. The molecule has 2 aliphatic heterocycles. The smallest absolute Gasteiger partial charge is 0.223 e. The quantitative estimate of drug-likeness (QED) is 0.262. The van der Waals surface area contributed by atoms with Crippen LogP contribution in [-0.2, 0) is 14.2 Å². The fraction of sp³-hybridized carbons (Fsp3) is 1.00. The Morgan fingerprint density at radius 3 is 2.09 bits per heavy atom. The highest BCUT2D eigenvalue weighted by Crippen LogP contribution is 2.35. The lowest BCUT2D eigenvalue weighted by Crippen LogP contribution is -2.56. The average molecular weight is 326 g/mol. The van der Waals surface area contributed by atoms with Crippen molar-refractivity contribution in [2.24, 2.45) is 0 Å². The zero-order valence-electron chi connectivity index (χ0n) is 11.7. The normalized spacial score (nSPS) is 49.5. The molecule has 0 bridgehead atoms. The van der Waals surface area contributed by atoms with Gasteiger partial charge in [-0.1, -0.05) is 0 Å². The lowest BCUT2D eigenvalue weighted by Gasteiger charge is -2.40. The molecule has 0 aromatic carbocycles. The SMILES string of the molecule is OCC1OC(OC2(CO)OC(CO)C(O)C2O)CC(O)C1O. The van der Waals surface area contributed by atoms with Crippen molar-refractivity contribution in [3.8, 4) is 0 Å². The summed E-state index contributed by atoms with van der Waals surface area (Å²) in [6, 6.07) is 0. The molecule has 8 atom stereocenters. The molecular formula is C12H22O10. The van der Waals surface area contributed by atoms with Crippen LogP contribution >= 0.6 is 0 Å². The van der Waals surface area contributed by atoms with E-state index in [1.165, 1.54) is 0 Å². The highest BCUT2D eigenvalue weighted by Gasteiger charge is 2.57. The summed E-state index contributed by atoms with van der Waals surface area (Å²) in [6.45, 7) is -2.02. The molecule has 130 valence electrons. The van der Waals surface area contributed by atoms with Gasteiger partial charge in [0.15, 0.2) is 6.29 Å². The third-order valence-corrected chi connectivity index (χ3v) is 3.95. The zero-order chi connectivity index (χ0) is 16.5. The molecule has 2 fully saturated rings. The lowest BCUT2D eigenvalue weighted by atomic mass is 10.0. The zero-order valence-corrected chi connectivity index (χ0v) is 11.7. The first-order valence-corrected chi connectivity index (χ1v) is 6.94. The van der Waals surface area contributed by atoms with Crippen molar-refractivity contribution in [2.75, 3.05) is 19.8 Å². The maximum absolute atomic E-state index is 9.99. The first kappa shape index (κ1) is 17.9. The van der Waals surface area contributed by atoms with Gasteiger partial charge in [-0.25, -0.2) is 0 Å². The van der Waals surface area contributed by atoms with Crippen LogP contribution in [-0.4, -0.2) is 104 Å². The van der Waals surface area contributed by atoms with E-state index in [4.69, 9.17) is 24.4 Å². The van der Waals surface area contributed by atoms with E-state index in [9.17, 15) is 25.5 Å². The maximum Gasteiger partial charge on any atom is 0.223 e. The molecule has 2 saturated heterocycles. The topological polar surface area (TPSA) is 169 Å². The Bertz CT molecular complexity index is 368. The molecule has 10 heteroatoms. The summed E-state index contributed by atoms with van der Waals surface area (Å²) in [5.41, 5.74) is 0. The summed E-state index contributed by atoms with van der Waals surface area (Å²) >= 11 is 0. The van der Waals surface area contributed by atoms with E-state index in [2.05, 4.69) is 0 Å². The molecule has 0 spiro atoms. The maximum atomic E-state index is 9.99. The Kier molecular flexibility index (Phi) is 5.72. The number of aliphatic hydroxyl groups excluding tert-OH is 7. The Morgan fingerprint density at radius 2 is 1.59 bits per heavy atom. The number of hydrogen-bond donors (Lipinski definition) is 7. The molecule has 2 rings (SSSR count). The van der Waals surface area contributed by atoms with Gasteiger partial charge in [0.2, 0.25) is 5.79 Å². The van der Waals surface area contributed by atoms with Crippen molar-refractivity contribution >= 4 is 0 Å². The largest absolute Gasteiger partial charge is 0.394 e. The van der Waals surface area contributed by atoms with Crippen LogP contribution in [0, 0.1) is 0 Å². The van der Waals surface area contributed by atoms with Gasteiger partial charge < -0.3 is 50.0 Å². The van der Waals surface area contributed by atoms with E-state index < -0.39 is 68.5 Å². The van der Waals surface area contributed by atoms with Crippen LogP contribution in [0.25, 0.3) is 0 Å². The molecular weight excluding hydrogens is 304 g/mol. The molecule has 0 radical (unpaired) electrons. The standard InChI is InChI=1S/C12H22O10/c13-2-6-9(17)5(16)1-8(20-6)22-12(4-15)11(19)10(18)7(3-14)21-12/h5-11,13-19H,1-4H2. The predicted octanol–water partition coefficient (Wildman–Crippen LogP) is -4.37. The van der Waals surface area contributed by atoms with Crippen molar-refractivity contribution in [1.82, 2.24) is 0 Å². The number of ether oxygens (including phenoxy) is 3. The van der Waals surface area contributed by atoms with Crippen molar-refractivity contribution in [2.45, 2.75) is 55.1 Å². The minimum absolute atomic E-state index is 0.199. The summed E-state index contributed by atoms with van der Waals surface area (Å²) in [5.74, 6) is -2.04. The van der Waals surface area contributed by atoms with E-state index in [1.54, 1.807) is 0 Å². The Labute approximate surface area is 126 Å². The number of rotatable bonds is 5. The second kappa shape index (κ2) is 7.01. The average Bonchev–Trinajstić information content (AvgIpc) is 2.75. The van der Waals surface area contributed by atoms with Crippen LogP contribution in [0.4, 0.5) is 0 Å². The summed E-state index contributed by atoms with van der Waals surface area (Å²) in [7, 11) is 0. The Balaban J connectivity index is 2.10. The van der Waals surface area contributed by atoms with Crippen LogP contribution in [0.2, 0.25) is 0 Å². The third kappa shape index (κ3) is 3.12. The van der Waals surface area contributed by atoms with Crippen molar-refractivity contribution in [3.05, 3.63) is 0 Å². The van der Waals surface area contributed by atoms with E-state index in [1.807, 2.05) is 0 Å². The van der Waals surface area contributed by atoms with Gasteiger partial charge in [0.1, 0.15) is 37.1 Å². The van der Waals surface area contributed by atoms with Gasteiger partial charge in [0.05, 0.1) is 19.3 Å². The van der Waals surface area contributed by atoms with E-state index in [0.29, 0.717) is 0 Å². The third-order valence-electron chi connectivity index (χ3n) is 3.95. The molecule has 7 N–H and O–H groups in total. The molecule has 8 unspecified atom stereocenters. The lowest BCUT2D eigenvalue weighted by molar-refractivity contribution is -0.362. The molecule has 0 aromatic heterocycles. The highest BCUT2D eigenvalue weighted by molar-refractivity contribution is 4.97. The minimum Gasteiger partial charge on any atom is -0.394 e. The van der Waals surface area contributed by atoms with Crippen LogP contribution < -0.4 is 0 Å². The van der Waals surface area contributed by atoms with Crippen LogP contribution in [0.15, 0.2) is 0 Å². The molecule has 0 aliphatic carbocycles. The fourth-order valence-electron chi connectivity index (χ4n) is 2.63. The first-order chi connectivity index (χ1) is 10.4. The first-order valence-electron chi connectivity index (χ1n) is 6.94. The van der Waals surface area contributed by atoms with Gasteiger partial charge in [-0.05, 0) is 0 Å². The number of hydrogen-bond acceptors (Lipinski definition) is 10. The van der Waals surface area contributed by atoms with Crippen LogP contribution in [0.5, 0.6) is 0 Å². The van der Waals surface area contributed by atoms with Gasteiger partial charge >= 0.3 is 0 Å². The molecule has 10 nitrogen and oxygen atoms in total. The number of aliphatic hydroxyl groups is 7. The predicted molar refractivity (Wildman–Crippen MR) is 67.3 cm³/mol. The van der Waals surface area contributed by atoms with E-state index >= 15 is 0 Å². The van der Waals surface area contributed by atoms with Crippen LogP contribution in [0.1, 0.15) is 6.42 Å². The van der Waals surface area contributed by atoms with Gasteiger partial charge in [0, 0.05) is 6.42 Å². The van der Waals surface area contributed by atoms with Gasteiger partial charge in [-0.2, -0.15) is 0 Å². The summed E-state index contributed by atoms with van der Waals surface area (Å²) < 4.78 is 15.8. The highest BCUT2D eigenvalue weighted by atomic mass is 16.8. The summed E-state index contributed by atoms with van der Waals surface area (Å²) in [6.07, 6.45) is -9.36. The van der Waals surface area contributed by atoms with Crippen LogP contribution in [0.3, 0.4) is 0 Å². The molecule has 0 amide bonds. The molecule has 2 heterocycles. The van der Waals surface area contributed by atoms with E-state index in [0.717, 1.165) is 0 Å². The molecule has 22 heavy (non-hydrogen) atoms. The van der Waals surface area contributed by atoms with Crippen molar-refractivity contribution in [3.63, 3.8) is 0 Å². The Hall–Kier alpha value is -0.400.